The normalized spacial score (nSPS) is 11.6. The zero-order valence-corrected chi connectivity index (χ0v) is 20.4. The lowest BCUT2D eigenvalue weighted by atomic mass is 10.2. The van der Waals surface area contributed by atoms with E-state index in [1.165, 1.54) is 24.3 Å². The maximum atomic E-state index is 13.0. The summed E-state index contributed by atoms with van der Waals surface area (Å²) in [7, 11) is -8.87. The molecule has 172 valence electrons. The lowest BCUT2D eigenvalue weighted by Crippen LogP contribution is -2.18. The molecule has 0 aliphatic heterocycles. The minimum Gasteiger partial charge on any atom is -0.505 e. The van der Waals surface area contributed by atoms with Gasteiger partial charge in [0.2, 0.25) is 0 Å². The van der Waals surface area contributed by atoms with Crippen LogP contribution < -0.4 is 9.44 Å². The SMILES string of the molecule is Cc1c(Cl)cccc1NS(=O)(=O)c1cc(C#N)c(O)c(S(=O)(=O)Nc2cccc(Cl)c2C)c1. The van der Waals surface area contributed by atoms with E-state index in [9.17, 15) is 27.2 Å². The van der Waals surface area contributed by atoms with Gasteiger partial charge in [-0.25, -0.2) is 16.8 Å². The van der Waals surface area contributed by atoms with Gasteiger partial charge in [0.15, 0.2) is 5.75 Å². The molecular weight excluding hydrogens is 509 g/mol. The van der Waals surface area contributed by atoms with Gasteiger partial charge in [-0.3, -0.25) is 9.44 Å². The van der Waals surface area contributed by atoms with Gasteiger partial charge in [0.05, 0.1) is 21.8 Å². The monoisotopic (exact) mass is 525 g/mol. The van der Waals surface area contributed by atoms with Gasteiger partial charge < -0.3 is 5.11 Å². The van der Waals surface area contributed by atoms with Crippen LogP contribution in [0.1, 0.15) is 16.7 Å². The van der Waals surface area contributed by atoms with Crippen LogP contribution in [0.2, 0.25) is 10.0 Å². The number of nitrogens with zero attached hydrogens (tertiary/aromatic N) is 1. The number of sulfonamides is 2. The summed E-state index contributed by atoms with van der Waals surface area (Å²) < 4.78 is 56.7. The molecule has 0 spiro atoms. The number of phenolic OH excluding ortho intramolecular Hbond substituents is 1. The molecule has 12 heteroatoms. The van der Waals surface area contributed by atoms with E-state index < -0.39 is 41.2 Å². The second kappa shape index (κ2) is 9.11. The van der Waals surface area contributed by atoms with Crippen LogP contribution in [0, 0.1) is 25.2 Å². The van der Waals surface area contributed by atoms with E-state index in [4.69, 9.17) is 23.2 Å². The van der Waals surface area contributed by atoms with Crippen molar-refractivity contribution in [2.45, 2.75) is 23.6 Å². The lowest BCUT2D eigenvalue weighted by Gasteiger charge is -2.15. The summed E-state index contributed by atoms with van der Waals surface area (Å²) in [5, 5.41) is 20.4. The molecule has 3 aromatic rings. The van der Waals surface area contributed by atoms with Crippen molar-refractivity contribution in [3.63, 3.8) is 0 Å². The Morgan fingerprint density at radius 1 is 0.848 bits per heavy atom. The Labute approximate surface area is 201 Å². The molecular formula is C21H17Cl2N3O5S2. The third-order valence-electron chi connectivity index (χ3n) is 4.79. The standard InChI is InChI=1S/C21H17Cl2N3O5S2/c1-12-16(22)5-3-7-18(12)25-32(28,29)15-9-14(11-24)21(27)20(10-15)33(30,31)26-19-8-4-6-17(23)13(19)2/h3-10,25-27H,1-2H3. The number of phenols is 1. The van der Waals surface area contributed by atoms with Crippen molar-refractivity contribution in [2.75, 3.05) is 9.44 Å². The van der Waals surface area contributed by atoms with Crippen LogP contribution in [0.25, 0.3) is 0 Å². The second-order valence-corrected chi connectivity index (χ2v) is 11.1. The fourth-order valence-corrected chi connectivity index (χ4v) is 5.73. The first-order chi connectivity index (χ1) is 15.4. The zero-order valence-electron chi connectivity index (χ0n) is 17.2. The third-order valence-corrected chi connectivity index (χ3v) is 8.34. The van der Waals surface area contributed by atoms with Gasteiger partial charge in [-0.05, 0) is 61.4 Å². The number of anilines is 2. The van der Waals surface area contributed by atoms with Crippen LogP contribution in [-0.4, -0.2) is 21.9 Å². The summed E-state index contributed by atoms with van der Waals surface area (Å²) in [5.41, 5.74) is 0.633. The van der Waals surface area contributed by atoms with Gasteiger partial charge in [0, 0.05) is 10.0 Å². The Hall–Kier alpha value is -2.97. The Morgan fingerprint density at radius 2 is 1.33 bits per heavy atom. The number of benzene rings is 3. The first kappa shape index (κ1) is 24.7. The zero-order chi connectivity index (χ0) is 24.6. The van der Waals surface area contributed by atoms with E-state index in [0.29, 0.717) is 21.2 Å². The molecule has 33 heavy (non-hydrogen) atoms. The highest BCUT2D eigenvalue weighted by Gasteiger charge is 2.27. The molecule has 8 nitrogen and oxygen atoms in total. The van der Waals surface area contributed by atoms with Crippen molar-refractivity contribution in [2.24, 2.45) is 0 Å². The molecule has 3 aromatic carbocycles. The quantitative estimate of drug-likeness (QED) is 0.423. The number of hydrogen-bond donors (Lipinski definition) is 3. The van der Waals surface area contributed by atoms with E-state index >= 15 is 0 Å². The molecule has 0 saturated carbocycles. The average molecular weight is 526 g/mol. The predicted octanol–water partition coefficient (Wildman–Crippen LogP) is 4.79. The molecule has 0 bridgehead atoms. The summed E-state index contributed by atoms with van der Waals surface area (Å²) in [6.07, 6.45) is 0. The van der Waals surface area contributed by atoms with Crippen molar-refractivity contribution >= 4 is 54.6 Å². The minimum absolute atomic E-state index is 0.126. The van der Waals surface area contributed by atoms with Gasteiger partial charge in [0.1, 0.15) is 11.0 Å². The van der Waals surface area contributed by atoms with Crippen LogP contribution in [0.5, 0.6) is 5.75 Å². The van der Waals surface area contributed by atoms with E-state index in [2.05, 4.69) is 9.44 Å². The molecule has 0 radical (unpaired) electrons. The first-order valence-electron chi connectivity index (χ1n) is 9.20. The molecule has 0 saturated heterocycles. The van der Waals surface area contributed by atoms with Crippen molar-refractivity contribution < 1.29 is 21.9 Å². The minimum atomic E-state index is -4.51. The number of aromatic hydroxyl groups is 1. The highest BCUT2D eigenvalue weighted by Crippen LogP contribution is 2.34. The Morgan fingerprint density at radius 3 is 1.82 bits per heavy atom. The fraction of sp³-hybridized carbons (Fsp3) is 0.0952. The lowest BCUT2D eigenvalue weighted by molar-refractivity contribution is 0.456. The number of hydrogen-bond acceptors (Lipinski definition) is 6. The maximum Gasteiger partial charge on any atom is 0.265 e. The first-order valence-corrected chi connectivity index (χ1v) is 12.9. The number of nitriles is 1. The van der Waals surface area contributed by atoms with Crippen molar-refractivity contribution in [1.29, 1.82) is 5.26 Å². The van der Waals surface area contributed by atoms with E-state index in [0.717, 1.165) is 12.1 Å². The molecule has 0 heterocycles. The van der Waals surface area contributed by atoms with Gasteiger partial charge >= 0.3 is 0 Å². The summed E-state index contributed by atoms with van der Waals surface area (Å²) in [6, 6.07) is 12.4. The van der Waals surface area contributed by atoms with Crippen molar-refractivity contribution in [3.8, 4) is 11.8 Å². The van der Waals surface area contributed by atoms with Gasteiger partial charge in [-0.15, -0.1) is 0 Å². The number of halogens is 2. The molecule has 0 fully saturated rings. The van der Waals surface area contributed by atoms with Gasteiger partial charge in [-0.1, -0.05) is 35.3 Å². The summed E-state index contributed by atoms with van der Waals surface area (Å²) in [6.45, 7) is 3.18. The van der Waals surface area contributed by atoms with Gasteiger partial charge in [0.25, 0.3) is 20.0 Å². The molecule has 0 aromatic heterocycles. The molecule has 0 aliphatic carbocycles. The molecule has 0 aliphatic rings. The fourth-order valence-electron chi connectivity index (χ4n) is 2.87. The molecule has 3 rings (SSSR count). The topological polar surface area (TPSA) is 136 Å². The Balaban J connectivity index is 2.12. The van der Waals surface area contributed by atoms with Crippen LogP contribution in [0.4, 0.5) is 11.4 Å². The predicted molar refractivity (Wildman–Crippen MR) is 127 cm³/mol. The maximum absolute atomic E-state index is 13.0. The highest BCUT2D eigenvalue weighted by molar-refractivity contribution is 7.93. The van der Waals surface area contributed by atoms with Crippen molar-refractivity contribution in [3.05, 3.63) is 75.3 Å². The molecule has 0 atom stereocenters. The summed E-state index contributed by atoms with van der Waals surface area (Å²) in [5.74, 6) is -0.887. The van der Waals surface area contributed by atoms with E-state index in [-0.39, 0.29) is 11.4 Å². The van der Waals surface area contributed by atoms with Crippen molar-refractivity contribution in [1.82, 2.24) is 0 Å². The Kier molecular flexibility index (Phi) is 6.81. The third kappa shape index (κ3) is 5.02. The number of nitrogens with one attached hydrogen (secondary N) is 2. The summed E-state index contributed by atoms with van der Waals surface area (Å²) >= 11 is 12.1. The number of rotatable bonds is 6. The Bertz CT molecular complexity index is 1520. The highest BCUT2D eigenvalue weighted by atomic mass is 35.5. The van der Waals surface area contributed by atoms with E-state index in [1.54, 1.807) is 32.0 Å². The molecule has 3 N–H and O–H groups in total. The average Bonchev–Trinajstić information content (AvgIpc) is 2.74. The molecule has 0 unspecified atom stereocenters. The van der Waals surface area contributed by atoms with E-state index in [1.807, 2.05) is 0 Å². The van der Waals surface area contributed by atoms with Gasteiger partial charge in [-0.2, -0.15) is 5.26 Å². The van der Waals surface area contributed by atoms with Crippen LogP contribution in [0.3, 0.4) is 0 Å². The van der Waals surface area contributed by atoms with Crippen LogP contribution >= 0.6 is 23.2 Å². The van der Waals surface area contributed by atoms with Crippen LogP contribution in [-0.2, 0) is 20.0 Å². The summed E-state index contributed by atoms with van der Waals surface area (Å²) in [4.78, 5) is -1.33. The second-order valence-electron chi connectivity index (χ2n) is 6.97. The largest absolute Gasteiger partial charge is 0.505 e. The smallest absolute Gasteiger partial charge is 0.265 e. The molecule has 0 amide bonds. The van der Waals surface area contributed by atoms with Crippen LogP contribution in [0.15, 0.2) is 58.3 Å².